The normalized spacial score (nSPS) is 13.7. The third kappa shape index (κ3) is 5.67. The molecule has 0 bridgehead atoms. The molecule has 1 atom stereocenters. The number of nitrogens with zero attached hydrogens (tertiary/aromatic N) is 1. The van der Waals surface area contributed by atoms with Crippen molar-refractivity contribution >= 4 is 17.8 Å². The number of carbonyl (C=O) groups is 3. The molecule has 0 fully saturated rings. The van der Waals surface area contributed by atoms with Gasteiger partial charge in [0.25, 0.3) is 5.91 Å². The average Bonchev–Trinajstić information content (AvgIpc) is 3.27. The maximum atomic E-state index is 13.7. The Morgan fingerprint density at radius 3 is 1.97 bits per heavy atom. The number of nitrogens with one attached hydrogen (secondary N) is 1. The van der Waals surface area contributed by atoms with Crippen molar-refractivity contribution in [1.29, 1.82) is 0 Å². The molecule has 0 spiro atoms. The Morgan fingerprint density at radius 2 is 1.54 bits per heavy atom. The topological polar surface area (TPSA) is 114 Å². The van der Waals surface area contributed by atoms with E-state index in [1.807, 2.05) is 24.3 Å². The largest absolute Gasteiger partial charge is 0.493 e. The Balaban J connectivity index is 1.87. The minimum atomic E-state index is -1.10. The lowest BCUT2D eigenvalue weighted by atomic mass is 10.00. The first-order valence-electron chi connectivity index (χ1n) is 11.4. The number of hydrogen-bond acceptors (Lipinski definition) is 6. The molecule has 3 rings (SSSR count). The second-order valence-electron chi connectivity index (χ2n) is 8.80. The summed E-state index contributed by atoms with van der Waals surface area (Å²) in [7, 11) is 4.36. The number of carbonyl (C=O) groups excluding carboxylic acids is 2. The van der Waals surface area contributed by atoms with Gasteiger partial charge in [-0.3, -0.25) is 14.4 Å². The van der Waals surface area contributed by atoms with Crippen LogP contribution in [0.4, 0.5) is 0 Å². The number of methoxy groups -OCH3 is 3. The second kappa shape index (κ2) is 11.1. The summed E-state index contributed by atoms with van der Waals surface area (Å²) in [5, 5.41) is 12.3. The van der Waals surface area contributed by atoms with Crippen LogP contribution >= 0.6 is 0 Å². The molecule has 0 saturated heterocycles. The average molecular weight is 485 g/mol. The van der Waals surface area contributed by atoms with E-state index in [-0.39, 0.29) is 17.5 Å². The van der Waals surface area contributed by atoms with Crippen LogP contribution in [0.5, 0.6) is 17.2 Å². The third-order valence-corrected chi connectivity index (χ3v) is 6.21. The van der Waals surface area contributed by atoms with Gasteiger partial charge in [0, 0.05) is 11.6 Å². The Labute approximate surface area is 205 Å². The van der Waals surface area contributed by atoms with Crippen LogP contribution in [-0.2, 0) is 22.4 Å². The number of amides is 2. The van der Waals surface area contributed by atoms with Gasteiger partial charge < -0.3 is 29.5 Å². The van der Waals surface area contributed by atoms with Crippen LogP contribution in [-0.4, -0.2) is 67.7 Å². The molecule has 0 aliphatic heterocycles. The predicted molar refractivity (Wildman–Crippen MR) is 129 cm³/mol. The highest BCUT2D eigenvalue weighted by Gasteiger charge is 2.36. The maximum Gasteiger partial charge on any atom is 0.323 e. The van der Waals surface area contributed by atoms with Crippen LogP contribution in [0.1, 0.15) is 35.3 Å². The second-order valence-corrected chi connectivity index (χ2v) is 8.80. The van der Waals surface area contributed by atoms with Gasteiger partial charge in [-0.2, -0.15) is 0 Å². The fourth-order valence-electron chi connectivity index (χ4n) is 4.42. The zero-order chi connectivity index (χ0) is 25.7. The molecule has 2 amide bonds. The molecule has 9 heteroatoms. The minimum absolute atomic E-state index is 0.219. The fraction of sp³-hybridized carbons (Fsp3) is 0.423. The standard InChI is InChI=1S/C26H32N2O7/c1-15(2)23(27-25(31)18-12-20(33-3)24(35-5)21(13-18)34-4)26(32)28(14-22(29)30)19-10-16-8-6-7-9-17(16)11-19/h6-9,12-13,15,19,23H,10-11,14H2,1-5H3,(H,27,31)(H,29,30). The minimum Gasteiger partial charge on any atom is -0.493 e. The van der Waals surface area contributed by atoms with Gasteiger partial charge in [-0.25, -0.2) is 0 Å². The molecule has 2 aromatic rings. The quantitative estimate of drug-likeness (QED) is 0.533. The molecule has 35 heavy (non-hydrogen) atoms. The van der Waals surface area contributed by atoms with Gasteiger partial charge in [-0.15, -0.1) is 0 Å². The van der Waals surface area contributed by atoms with E-state index in [4.69, 9.17) is 14.2 Å². The highest BCUT2D eigenvalue weighted by Crippen LogP contribution is 2.38. The van der Waals surface area contributed by atoms with Gasteiger partial charge in [0.15, 0.2) is 11.5 Å². The number of rotatable bonds is 10. The molecule has 0 aromatic heterocycles. The molecular weight excluding hydrogens is 452 g/mol. The van der Waals surface area contributed by atoms with Crippen molar-refractivity contribution in [2.75, 3.05) is 27.9 Å². The van der Waals surface area contributed by atoms with E-state index in [1.165, 1.54) is 38.4 Å². The summed E-state index contributed by atoms with van der Waals surface area (Å²) in [4.78, 5) is 39.9. The number of benzene rings is 2. The summed E-state index contributed by atoms with van der Waals surface area (Å²) in [5.74, 6) is -1.37. The molecule has 1 aliphatic rings. The number of carboxylic acids is 1. The summed E-state index contributed by atoms with van der Waals surface area (Å²) < 4.78 is 16.0. The van der Waals surface area contributed by atoms with Crippen LogP contribution in [0.3, 0.4) is 0 Å². The van der Waals surface area contributed by atoms with Crippen LogP contribution in [0, 0.1) is 5.92 Å². The van der Waals surface area contributed by atoms with E-state index < -0.39 is 30.4 Å². The van der Waals surface area contributed by atoms with E-state index in [9.17, 15) is 19.5 Å². The number of ether oxygens (including phenoxy) is 3. The maximum absolute atomic E-state index is 13.7. The highest BCUT2D eigenvalue weighted by atomic mass is 16.5. The van der Waals surface area contributed by atoms with Crippen molar-refractivity contribution in [3.63, 3.8) is 0 Å². The van der Waals surface area contributed by atoms with Gasteiger partial charge in [0.1, 0.15) is 12.6 Å². The number of hydrogen-bond donors (Lipinski definition) is 2. The molecule has 0 heterocycles. The Morgan fingerprint density at radius 1 is 1.00 bits per heavy atom. The lowest BCUT2D eigenvalue weighted by Gasteiger charge is -2.33. The van der Waals surface area contributed by atoms with Gasteiger partial charge >= 0.3 is 5.97 Å². The molecule has 2 aromatic carbocycles. The zero-order valence-electron chi connectivity index (χ0n) is 20.7. The molecule has 0 radical (unpaired) electrons. The fourth-order valence-corrected chi connectivity index (χ4v) is 4.42. The van der Waals surface area contributed by atoms with Crippen LogP contribution < -0.4 is 19.5 Å². The molecular formula is C26H32N2O7. The molecule has 2 N–H and O–H groups in total. The van der Waals surface area contributed by atoms with E-state index in [0.29, 0.717) is 30.1 Å². The first-order valence-corrected chi connectivity index (χ1v) is 11.4. The smallest absolute Gasteiger partial charge is 0.323 e. The molecule has 9 nitrogen and oxygen atoms in total. The highest BCUT2D eigenvalue weighted by molar-refractivity contribution is 5.99. The molecule has 1 unspecified atom stereocenters. The summed E-state index contributed by atoms with van der Waals surface area (Å²) in [5.41, 5.74) is 2.42. The van der Waals surface area contributed by atoms with Gasteiger partial charge in [-0.1, -0.05) is 38.1 Å². The van der Waals surface area contributed by atoms with Crippen molar-refractivity contribution in [2.24, 2.45) is 5.92 Å². The van der Waals surface area contributed by atoms with Crippen LogP contribution in [0.2, 0.25) is 0 Å². The van der Waals surface area contributed by atoms with Crippen molar-refractivity contribution in [1.82, 2.24) is 10.2 Å². The van der Waals surface area contributed by atoms with Gasteiger partial charge in [0.2, 0.25) is 11.7 Å². The number of carboxylic acid groups (broad SMARTS) is 1. The van der Waals surface area contributed by atoms with Crippen molar-refractivity contribution in [3.05, 3.63) is 53.1 Å². The lowest BCUT2D eigenvalue weighted by Crippen LogP contribution is -2.55. The van der Waals surface area contributed by atoms with Crippen LogP contribution in [0.15, 0.2) is 36.4 Å². The van der Waals surface area contributed by atoms with Crippen molar-refractivity contribution in [2.45, 2.75) is 38.8 Å². The van der Waals surface area contributed by atoms with Gasteiger partial charge in [-0.05, 0) is 42.0 Å². The SMILES string of the molecule is COc1cc(C(=O)NC(C(=O)N(CC(=O)O)C2Cc3ccccc3C2)C(C)C)cc(OC)c1OC. The first kappa shape index (κ1) is 25.9. The summed E-state index contributed by atoms with van der Waals surface area (Å²) in [6.07, 6.45) is 1.14. The van der Waals surface area contributed by atoms with E-state index in [0.717, 1.165) is 11.1 Å². The summed E-state index contributed by atoms with van der Waals surface area (Å²) >= 11 is 0. The molecule has 0 saturated carbocycles. The molecule has 1 aliphatic carbocycles. The lowest BCUT2D eigenvalue weighted by molar-refractivity contribution is -0.147. The van der Waals surface area contributed by atoms with Crippen LogP contribution in [0.25, 0.3) is 0 Å². The summed E-state index contributed by atoms with van der Waals surface area (Å²) in [6, 6.07) is 9.62. The van der Waals surface area contributed by atoms with E-state index >= 15 is 0 Å². The van der Waals surface area contributed by atoms with E-state index in [2.05, 4.69) is 5.32 Å². The monoisotopic (exact) mass is 484 g/mol. The Hall–Kier alpha value is -3.75. The Kier molecular flexibility index (Phi) is 8.22. The molecule has 188 valence electrons. The predicted octanol–water partition coefficient (Wildman–Crippen LogP) is 2.55. The van der Waals surface area contributed by atoms with Crippen molar-refractivity contribution < 1.29 is 33.7 Å². The summed E-state index contributed by atoms with van der Waals surface area (Å²) in [6.45, 7) is 3.17. The van der Waals surface area contributed by atoms with Crippen molar-refractivity contribution in [3.8, 4) is 17.2 Å². The first-order chi connectivity index (χ1) is 16.7. The Bertz CT molecular complexity index is 1050. The third-order valence-electron chi connectivity index (χ3n) is 6.21. The zero-order valence-corrected chi connectivity index (χ0v) is 20.7. The number of fused-ring (bicyclic) bond motifs is 1. The number of aliphatic carboxylic acids is 1. The van der Waals surface area contributed by atoms with Gasteiger partial charge in [0.05, 0.1) is 21.3 Å². The van der Waals surface area contributed by atoms with E-state index in [1.54, 1.807) is 13.8 Å².